The van der Waals surface area contributed by atoms with Gasteiger partial charge < -0.3 is 15.2 Å². The summed E-state index contributed by atoms with van der Waals surface area (Å²) in [6.07, 6.45) is 5.23. The van der Waals surface area contributed by atoms with Gasteiger partial charge in [-0.1, -0.05) is 11.6 Å². The van der Waals surface area contributed by atoms with Crippen molar-refractivity contribution in [3.8, 4) is 11.4 Å². The minimum atomic E-state index is -0.292. The van der Waals surface area contributed by atoms with Gasteiger partial charge in [0, 0.05) is 11.6 Å². The number of fused-ring (bicyclic) bond motifs is 2. The van der Waals surface area contributed by atoms with Crippen molar-refractivity contribution in [1.82, 2.24) is 20.8 Å². The summed E-state index contributed by atoms with van der Waals surface area (Å²) in [5.74, 6) is 2.23. The fraction of sp³-hybridized carbons (Fsp3) is 0.500. The van der Waals surface area contributed by atoms with Crippen molar-refractivity contribution >= 4 is 17.3 Å². The molecule has 1 aromatic heterocycles. The number of nitrogens with one attached hydrogen (secondary N) is 2. The van der Waals surface area contributed by atoms with Gasteiger partial charge in [-0.15, -0.1) is 0 Å². The van der Waals surface area contributed by atoms with Gasteiger partial charge in [-0.25, -0.2) is 4.39 Å². The molecule has 1 heterocycles. The zero-order valence-corrected chi connectivity index (χ0v) is 14.9. The summed E-state index contributed by atoms with van der Waals surface area (Å²) in [7, 11) is 0. The maximum Gasteiger partial charge on any atom is 0.249 e. The van der Waals surface area contributed by atoms with Crippen LogP contribution in [0.4, 0.5) is 4.39 Å². The molecule has 132 valence electrons. The molecule has 25 heavy (non-hydrogen) atoms. The lowest BCUT2D eigenvalue weighted by Crippen LogP contribution is -2.44. The van der Waals surface area contributed by atoms with Gasteiger partial charge in [-0.2, -0.15) is 4.98 Å². The van der Waals surface area contributed by atoms with E-state index in [1.165, 1.54) is 37.8 Å². The molecule has 5 nitrogen and oxygen atoms in total. The van der Waals surface area contributed by atoms with Crippen LogP contribution in [0.25, 0.3) is 11.4 Å². The quantitative estimate of drug-likeness (QED) is 0.813. The first-order valence-corrected chi connectivity index (χ1v) is 9.16. The third kappa shape index (κ3) is 3.51. The summed E-state index contributed by atoms with van der Waals surface area (Å²) in [6.45, 7) is 1.93. The van der Waals surface area contributed by atoms with E-state index in [0.717, 1.165) is 11.8 Å². The van der Waals surface area contributed by atoms with E-state index in [4.69, 9.17) is 16.7 Å². The molecule has 0 aliphatic heterocycles. The molecule has 2 aliphatic carbocycles. The normalized spacial score (nSPS) is 25.8. The summed E-state index contributed by atoms with van der Waals surface area (Å²) < 4.78 is 18.3. The largest absolute Gasteiger partial charge is 0.360 e. The first kappa shape index (κ1) is 16.4. The van der Waals surface area contributed by atoms with Crippen molar-refractivity contribution in [3.05, 3.63) is 36.0 Å². The Morgan fingerprint density at radius 3 is 2.76 bits per heavy atom. The highest BCUT2D eigenvalue weighted by Gasteiger charge is 2.39. The monoisotopic (exact) mass is 360 g/mol. The minimum absolute atomic E-state index is 0.194. The van der Waals surface area contributed by atoms with Crippen molar-refractivity contribution in [1.29, 1.82) is 0 Å². The molecule has 0 radical (unpaired) electrons. The van der Waals surface area contributed by atoms with Crippen LogP contribution in [0, 0.1) is 17.7 Å². The lowest BCUT2D eigenvalue weighted by atomic mass is 9.95. The van der Waals surface area contributed by atoms with Gasteiger partial charge in [-0.3, -0.25) is 0 Å². The molecular formula is C18H21FN4OS. The molecule has 0 spiro atoms. The minimum Gasteiger partial charge on any atom is -0.360 e. The van der Waals surface area contributed by atoms with E-state index >= 15 is 0 Å². The molecule has 0 amide bonds. The predicted octanol–water partition coefficient (Wildman–Crippen LogP) is 3.59. The third-order valence-corrected chi connectivity index (χ3v) is 5.55. The van der Waals surface area contributed by atoms with E-state index < -0.39 is 0 Å². The highest BCUT2D eigenvalue weighted by atomic mass is 32.1. The first-order chi connectivity index (χ1) is 12.1. The van der Waals surface area contributed by atoms with Crippen LogP contribution >= 0.6 is 12.2 Å². The average Bonchev–Trinajstić information content (AvgIpc) is 3.32. The van der Waals surface area contributed by atoms with Gasteiger partial charge in [0.1, 0.15) is 11.9 Å². The second-order valence-corrected chi connectivity index (χ2v) is 7.49. The van der Waals surface area contributed by atoms with E-state index in [1.54, 1.807) is 12.1 Å². The van der Waals surface area contributed by atoms with Crippen LogP contribution in [-0.2, 0) is 0 Å². The van der Waals surface area contributed by atoms with Crippen LogP contribution in [0.1, 0.15) is 44.5 Å². The third-order valence-electron chi connectivity index (χ3n) is 5.32. The number of nitrogens with zero attached hydrogens (tertiary/aromatic N) is 2. The zero-order valence-electron chi connectivity index (χ0n) is 14.0. The average molecular weight is 360 g/mol. The number of hydrogen-bond acceptors (Lipinski definition) is 4. The number of thiocarbonyl (C=S) groups is 1. The fourth-order valence-corrected chi connectivity index (χ4v) is 4.35. The molecule has 4 atom stereocenters. The van der Waals surface area contributed by atoms with Crippen molar-refractivity contribution in [2.75, 3.05) is 0 Å². The van der Waals surface area contributed by atoms with Crippen LogP contribution < -0.4 is 10.6 Å². The fourth-order valence-electron chi connectivity index (χ4n) is 4.02. The molecule has 4 unspecified atom stereocenters. The zero-order chi connectivity index (χ0) is 17.4. The second kappa shape index (κ2) is 6.71. The maximum atomic E-state index is 13.0. The number of halogens is 1. The maximum absolute atomic E-state index is 13.0. The second-order valence-electron chi connectivity index (χ2n) is 7.08. The standard InChI is InChI=1S/C18H21FN4OS/c1-10(20-18(25)21-15-9-11-2-3-13(15)8-11)17-22-16(23-24-17)12-4-6-14(19)7-5-12/h4-7,10-11,13,15H,2-3,8-9H2,1H3,(H2,20,21,25). The van der Waals surface area contributed by atoms with Crippen molar-refractivity contribution < 1.29 is 8.91 Å². The van der Waals surface area contributed by atoms with Crippen molar-refractivity contribution in [2.45, 2.75) is 44.7 Å². The Morgan fingerprint density at radius 1 is 1.28 bits per heavy atom. The van der Waals surface area contributed by atoms with Gasteiger partial charge in [0.15, 0.2) is 5.11 Å². The van der Waals surface area contributed by atoms with Crippen molar-refractivity contribution in [3.63, 3.8) is 0 Å². The Bertz CT molecular complexity index is 763. The first-order valence-electron chi connectivity index (χ1n) is 8.75. The summed E-state index contributed by atoms with van der Waals surface area (Å²) >= 11 is 5.44. The van der Waals surface area contributed by atoms with E-state index in [0.29, 0.717) is 28.4 Å². The SMILES string of the molecule is CC(NC(=S)NC1CC2CCC1C2)c1nc(-c2ccc(F)cc2)no1. The highest BCUT2D eigenvalue weighted by molar-refractivity contribution is 7.80. The molecule has 7 heteroatoms. The van der Waals surface area contributed by atoms with E-state index in [-0.39, 0.29) is 11.9 Å². The van der Waals surface area contributed by atoms with E-state index in [9.17, 15) is 4.39 Å². The van der Waals surface area contributed by atoms with Crippen LogP contribution in [-0.4, -0.2) is 21.3 Å². The van der Waals surface area contributed by atoms with Gasteiger partial charge in [0.25, 0.3) is 0 Å². The molecule has 2 aliphatic rings. The molecule has 2 fully saturated rings. The molecule has 2 bridgehead atoms. The smallest absolute Gasteiger partial charge is 0.249 e. The summed E-state index contributed by atoms with van der Waals surface area (Å²) in [5, 5.41) is 11.3. The van der Waals surface area contributed by atoms with Gasteiger partial charge >= 0.3 is 0 Å². The summed E-state index contributed by atoms with van der Waals surface area (Å²) in [4.78, 5) is 4.38. The Hall–Kier alpha value is -2.02. The van der Waals surface area contributed by atoms with Crippen LogP contribution in [0.2, 0.25) is 0 Å². The number of aromatic nitrogens is 2. The summed E-state index contributed by atoms with van der Waals surface area (Å²) in [6, 6.07) is 6.30. The molecule has 1 aromatic carbocycles. The topological polar surface area (TPSA) is 63.0 Å². The van der Waals surface area contributed by atoms with Gasteiger partial charge in [-0.05, 0) is 74.5 Å². The Balaban J connectivity index is 1.35. The van der Waals surface area contributed by atoms with Gasteiger partial charge in [0.2, 0.25) is 11.7 Å². The summed E-state index contributed by atoms with van der Waals surface area (Å²) in [5.41, 5.74) is 0.714. The number of rotatable bonds is 4. The molecule has 2 saturated carbocycles. The Kier molecular flexibility index (Phi) is 4.41. The molecular weight excluding hydrogens is 339 g/mol. The van der Waals surface area contributed by atoms with Gasteiger partial charge in [0.05, 0.1) is 0 Å². The molecule has 2 N–H and O–H groups in total. The number of hydrogen-bond donors (Lipinski definition) is 2. The highest BCUT2D eigenvalue weighted by Crippen LogP contribution is 2.44. The lowest BCUT2D eigenvalue weighted by molar-refractivity contribution is 0.350. The Labute approximate surface area is 151 Å². The predicted molar refractivity (Wildman–Crippen MR) is 96.2 cm³/mol. The Morgan fingerprint density at radius 2 is 2.08 bits per heavy atom. The van der Waals surface area contributed by atoms with Crippen LogP contribution in [0.15, 0.2) is 28.8 Å². The van der Waals surface area contributed by atoms with Crippen molar-refractivity contribution in [2.24, 2.45) is 11.8 Å². The van der Waals surface area contributed by atoms with E-state index in [2.05, 4.69) is 20.8 Å². The van der Waals surface area contributed by atoms with Crippen LogP contribution in [0.5, 0.6) is 0 Å². The van der Waals surface area contributed by atoms with Crippen LogP contribution in [0.3, 0.4) is 0 Å². The lowest BCUT2D eigenvalue weighted by Gasteiger charge is -2.25. The van der Waals surface area contributed by atoms with E-state index in [1.807, 2.05) is 6.92 Å². The molecule has 4 rings (SSSR count). The number of benzene rings is 1. The molecule has 0 saturated heterocycles. The molecule has 2 aromatic rings.